The molecule has 112 valence electrons. The molecule has 0 unspecified atom stereocenters. The van der Waals surface area contributed by atoms with Gasteiger partial charge in [0, 0.05) is 33.4 Å². The summed E-state index contributed by atoms with van der Waals surface area (Å²) in [4.78, 5) is 4.23. The van der Waals surface area contributed by atoms with E-state index in [1.807, 2.05) is 6.07 Å². The van der Waals surface area contributed by atoms with Crippen molar-refractivity contribution in [3.8, 4) is 0 Å². The van der Waals surface area contributed by atoms with Crippen LogP contribution < -0.4 is 10.6 Å². The lowest BCUT2D eigenvalue weighted by molar-refractivity contribution is 0.0732. The molecule has 1 aliphatic carbocycles. The fourth-order valence-electron chi connectivity index (χ4n) is 2.51. The number of aliphatic imine (C=N–C) groups is 1. The van der Waals surface area contributed by atoms with E-state index < -0.39 is 0 Å². The Labute approximate surface area is 120 Å². The van der Waals surface area contributed by atoms with Gasteiger partial charge in [0.1, 0.15) is 12.0 Å². The van der Waals surface area contributed by atoms with Gasteiger partial charge < -0.3 is 19.9 Å². The molecule has 1 aromatic heterocycles. The van der Waals surface area contributed by atoms with Crippen LogP contribution in [0.15, 0.2) is 21.8 Å². The van der Waals surface area contributed by atoms with Crippen molar-refractivity contribution < 1.29 is 9.26 Å². The monoisotopic (exact) mass is 280 g/mol. The van der Waals surface area contributed by atoms with Crippen LogP contribution in [0.25, 0.3) is 0 Å². The van der Waals surface area contributed by atoms with E-state index in [4.69, 9.17) is 9.26 Å². The number of hydrogen-bond acceptors (Lipinski definition) is 4. The molecule has 6 nitrogen and oxygen atoms in total. The Morgan fingerprint density at radius 1 is 1.50 bits per heavy atom. The minimum Gasteiger partial charge on any atom is -0.385 e. The zero-order valence-electron chi connectivity index (χ0n) is 12.3. The summed E-state index contributed by atoms with van der Waals surface area (Å²) >= 11 is 0. The summed E-state index contributed by atoms with van der Waals surface area (Å²) in [6.07, 6.45) is 6.53. The lowest BCUT2D eigenvalue weighted by atomic mass is 9.67. The van der Waals surface area contributed by atoms with Crippen molar-refractivity contribution in [3.05, 3.63) is 18.0 Å². The Balaban J connectivity index is 1.75. The van der Waals surface area contributed by atoms with Crippen LogP contribution >= 0.6 is 0 Å². The maximum atomic E-state index is 5.21. The van der Waals surface area contributed by atoms with Gasteiger partial charge in [-0.15, -0.1) is 0 Å². The molecule has 1 saturated carbocycles. The molecule has 2 rings (SSSR count). The van der Waals surface area contributed by atoms with Crippen molar-refractivity contribution in [2.24, 2.45) is 10.4 Å². The second-order valence-electron chi connectivity index (χ2n) is 5.37. The van der Waals surface area contributed by atoms with Crippen LogP contribution in [0.1, 0.15) is 31.4 Å². The largest absolute Gasteiger partial charge is 0.385 e. The molecule has 0 aliphatic heterocycles. The highest BCUT2D eigenvalue weighted by molar-refractivity contribution is 5.79. The molecule has 1 aromatic rings. The lowest BCUT2D eigenvalue weighted by Crippen LogP contribution is -2.46. The van der Waals surface area contributed by atoms with Gasteiger partial charge in [-0.05, 0) is 24.7 Å². The van der Waals surface area contributed by atoms with Gasteiger partial charge in [-0.25, -0.2) is 0 Å². The van der Waals surface area contributed by atoms with E-state index in [1.165, 1.54) is 19.3 Å². The zero-order valence-corrected chi connectivity index (χ0v) is 12.3. The number of guanidine groups is 1. The van der Waals surface area contributed by atoms with Crippen molar-refractivity contribution in [1.82, 2.24) is 15.8 Å². The molecule has 0 amide bonds. The highest BCUT2D eigenvalue weighted by Gasteiger charge is 2.36. The van der Waals surface area contributed by atoms with Gasteiger partial charge in [-0.3, -0.25) is 4.99 Å². The molecule has 2 N–H and O–H groups in total. The Bertz CT molecular complexity index is 413. The maximum absolute atomic E-state index is 5.21. The minimum absolute atomic E-state index is 0.377. The van der Waals surface area contributed by atoms with Gasteiger partial charge in [0.25, 0.3) is 0 Å². The van der Waals surface area contributed by atoms with Crippen molar-refractivity contribution in [1.29, 1.82) is 0 Å². The Hall–Kier alpha value is -1.56. The highest BCUT2D eigenvalue weighted by atomic mass is 16.5. The van der Waals surface area contributed by atoms with Crippen LogP contribution in [-0.4, -0.2) is 38.4 Å². The SMILES string of the molecule is CN=C(NCc1ccon1)NCC1(CCOC)CCC1. The summed E-state index contributed by atoms with van der Waals surface area (Å²) in [5.74, 6) is 0.802. The molecular weight excluding hydrogens is 256 g/mol. The summed E-state index contributed by atoms with van der Waals surface area (Å²) in [5.41, 5.74) is 1.24. The van der Waals surface area contributed by atoms with E-state index in [-0.39, 0.29) is 0 Å². The average Bonchev–Trinajstić information content (AvgIpc) is 2.93. The first kappa shape index (κ1) is 14.8. The van der Waals surface area contributed by atoms with Crippen molar-refractivity contribution >= 4 is 5.96 Å². The van der Waals surface area contributed by atoms with Gasteiger partial charge in [0.15, 0.2) is 5.96 Å². The zero-order chi connectivity index (χ0) is 14.3. The van der Waals surface area contributed by atoms with Crippen LogP contribution in [-0.2, 0) is 11.3 Å². The first-order valence-electron chi connectivity index (χ1n) is 7.11. The Morgan fingerprint density at radius 2 is 2.35 bits per heavy atom. The fourth-order valence-corrected chi connectivity index (χ4v) is 2.51. The molecule has 1 fully saturated rings. The third-order valence-electron chi connectivity index (χ3n) is 4.03. The quantitative estimate of drug-likeness (QED) is 0.585. The highest BCUT2D eigenvalue weighted by Crippen LogP contribution is 2.43. The predicted molar refractivity (Wildman–Crippen MR) is 77.5 cm³/mol. The smallest absolute Gasteiger partial charge is 0.191 e. The summed E-state index contributed by atoms with van der Waals surface area (Å²) in [6, 6.07) is 1.84. The van der Waals surface area contributed by atoms with E-state index in [2.05, 4.69) is 20.8 Å². The molecule has 0 bridgehead atoms. The number of methoxy groups -OCH3 is 1. The average molecular weight is 280 g/mol. The number of rotatable bonds is 7. The summed E-state index contributed by atoms with van der Waals surface area (Å²) in [5, 5.41) is 10.5. The Kier molecular flexibility index (Phi) is 5.40. The molecule has 6 heteroatoms. The number of ether oxygens (including phenoxy) is 1. The number of nitrogens with zero attached hydrogens (tertiary/aromatic N) is 2. The molecule has 1 heterocycles. The molecule has 0 spiro atoms. The lowest BCUT2D eigenvalue weighted by Gasteiger charge is -2.42. The van der Waals surface area contributed by atoms with Crippen molar-refractivity contribution in [2.75, 3.05) is 27.3 Å². The maximum Gasteiger partial charge on any atom is 0.191 e. The van der Waals surface area contributed by atoms with E-state index >= 15 is 0 Å². The molecular formula is C14H24N4O2. The molecule has 1 aliphatic rings. The topological polar surface area (TPSA) is 71.7 Å². The van der Waals surface area contributed by atoms with Crippen LogP contribution in [0.2, 0.25) is 0 Å². The standard InChI is InChI=1S/C14H24N4O2/c1-15-13(16-10-12-4-8-20-18-12)17-11-14(5-3-6-14)7-9-19-2/h4,8H,3,5-7,9-11H2,1-2H3,(H2,15,16,17). The third kappa shape index (κ3) is 3.96. The van der Waals surface area contributed by atoms with Gasteiger partial charge in [-0.1, -0.05) is 11.6 Å². The first-order valence-corrected chi connectivity index (χ1v) is 7.11. The van der Waals surface area contributed by atoms with Gasteiger partial charge in [-0.2, -0.15) is 0 Å². The normalized spacial score (nSPS) is 17.6. The molecule has 0 saturated heterocycles. The number of nitrogens with one attached hydrogen (secondary N) is 2. The van der Waals surface area contributed by atoms with Gasteiger partial charge >= 0.3 is 0 Å². The summed E-state index contributed by atoms with van der Waals surface area (Å²) < 4.78 is 10.0. The van der Waals surface area contributed by atoms with Crippen LogP contribution in [0, 0.1) is 5.41 Å². The van der Waals surface area contributed by atoms with Crippen molar-refractivity contribution in [2.45, 2.75) is 32.2 Å². The first-order chi connectivity index (χ1) is 9.78. The molecule has 0 atom stereocenters. The van der Waals surface area contributed by atoms with E-state index in [1.54, 1.807) is 20.4 Å². The minimum atomic E-state index is 0.377. The van der Waals surface area contributed by atoms with E-state index in [9.17, 15) is 0 Å². The van der Waals surface area contributed by atoms with E-state index in [0.29, 0.717) is 12.0 Å². The number of hydrogen-bond donors (Lipinski definition) is 2. The predicted octanol–water partition coefficient (Wildman–Crippen LogP) is 1.55. The van der Waals surface area contributed by atoms with Crippen LogP contribution in [0.3, 0.4) is 0 Å². The molecule has 0 aromatic carbocycles. The van der Waals surface area contributed by atoms with Gasteiger partial charge in [0.05, 0.1) is 6.54 Å². The second-order valence-corrected chi connectivity index (χ2v) is 5.37. The second kappa shape index (κ2) is 7.28. The molecule has 0 radical (unpaired) electrons. The van der Waals surface area contributed by atoms with Gasteiger partial charge in [0.2, 0.25) is 0 Å². The van der Waals surface area contributed by atoms with E-state index in [0.717, 1.165) is 31.2 Å². The van der Waals surface area contributed by atoms with Crippen LogP contribution in [0.4, 0.5) is 0 Å². The number of aromatic nitrogens is 1. The Morgan fingerprint density at radius 3 is 2.90 bits per heavy atom. The third-order valence-corrected chi connectivity index (χ3v) is 4.03. The summed E-state index contributed by atoms with van der Waals surface area (Å²) in [7, 11) is 3.54. The fraction of sp³-hybridized carbons (Fsp3) is 0.714. The van der Waals surface area contributed by atoms with Crippen LogP contribution in [0.5, 0.6) is 0 Å². The summed E-state index contributed by atoms with van der Waals surface area (Å²) in [6.45, 7) is 2.38. The molecule has 20 heavy (non-hydrogen) atoms. The van der Waals surface area contributed by atoms with Crippen molar-refractivity contribution in [3.63, 3.8) is 0 Å².